The van der Waals surface area contributed by atoms with Crippen molar-refractivity contribution in [1.29, 1.82) is 0 Å². The molecule has 0 bridgehead atoms. The molecule has 0 saturated carbocycles. The van der Waals surface area contributed by atoms with E-state index >= 15 is 0 Å². The summed E-state index contributed by atoms with van der Waals surface area (Å²) in [6, 6.07) is 0. The average Bonchev–Trinajstić information content (AvgIpc) is 1.55. The van der Waals surface area contributed by atoms with Crippen molar-refractivity contribution in [3.63, 3.8) is 0 Å². The van der Waals surface area contributed by atoms with Gasteiger partial charge in [-0.1, -0.05) is 0 Å². The standard InChI is InChI=1S/C6H11N.Y/c1-2-3-6-4-7-5-6;/h7H,1-5H2;/q-2;. The third-order valence-electron chi connectivity index (χ3n) is 1.28. The molecule has 1 rings (SSSR count). The van der Waals surface area contributed by atoms with Crippen molar-refractivity contribution in [2.24, 2.45) is 0 Å². The van der Waals surface area contributed by atoms with Crippen LogP contribution in [0.3, 0.4) is 0 Å². The Balaban J connectivity index is 0.000000490. The summed E-state index contributed by atoms with van der Waals surface area (Å²) in [6.45, 7) is 6.06. The van der Waals surface area contributed by atoms with Gasteiger partial charge in [0.15, 0.2) is 0 Å². The first-order valence-electron chi connectivity index (χ1n) is 2.77. The van der Waals surface area contributed by atoms with Gasteiger partial charge in [0.25, 0.3) is 0 Å². The Morgan fingerprint density at radius 3 is 2.25 bits per heavy atom. The van der Waals surface area contributed by atoms with Gasteiger partial charge in [0.05, 0.1) is 0 Å². The van der Waals surface area contributed by atoms with Crippen LogP contribution in [0.4, 0.5) is 0 Å². The second-order valence-electron chi connectivity index (χ2n) is 1.96. The summed E-state index contributed by atoms with van der Waals surface area (Å²) >= 11 is 0. The third kappa shape index (κ3) is 2.56. The second-order valence-corrected chi connectivity index (χ2v) is 1.96. The number of hydrogen-bond acceptors (Lipinski definition) is 1. The zero-order valence-electron chi connectivity index (χ0n) is 5.11. The first kappa shape index (κ1) is 9.06. The molecule has 1 radical (unpaired) electrons. The summed E-state index contributed by atoms with van der Waals surface area (Å²) in [7, 11) is 0. The Kier molecular flexibility index (Phi) is 5.55. The van der Waals surface area contributed by atoms with Gasteiger partial charge in [-0.05, 0) is 0 Å². The topological polar surface area (TPSA) is 12.0 Å². The summed E-state index contributed by atoms with van der Waals surface area (Å²) in [4.78, 5) is 0. The van der Waals surface area contributed by atoms with E-state index in [0.29, 0.717) is 0 Å². The molecule has 8 heavy (non-hydrogen) atoms. The predicted octanol–water partition coefficient (Wildman–Crippen LogP) is 0.776. The molecular formula is C6H11NY-2. The molecule has 0 aromatic heterocycles. The molecule has 45 valence electrons. The summed E-state index contributed by atoms with van der Waals surface area (Å²) in [6.07, 6.45) is 2.30. The van der Waals surface area contributed by atoms with Crippen molar-refractivity contribution in [3.05, 3.63) is 12.8 Å². The molecule has 1 aliphatic heterocycles. The Morgan fingerprint density at radius 1 is 1.50 bits per heavy atom. The average molecular weight is 186 g/mol. The molecule has 0 spiro atoms. The maximum Gasteiger partial charge on any atom is 0 e. The van der Waals surface area contributed by atoms with Crippen LogP contribution in [-0.2, 0) is 32.7 Å². The number of nitrogens with one attached hydrogen (secondary N) is 1. The van der Waals surface area contributed by atoms with Crippen LogP contribution in [0, 0.1) is 12.8 Å². The van der Waals surface area contributed by atoms with Gasteiger partial charge in [-0.15, -0.1) is 13.1 Å². The molecule has 0 aliphatic carbocycles. The quantitative estimate of drug-likeness (QED) is 0.628. The molecule has 1 N–H and O–H groups in total. The Bertz CT molecular complexity index is 52.5. The van der Waals surface area contributed by atoms with Crippen LogP contribution in [0.2, 0.25) is 0 Å². The van der Waals surface area contributed by atoms with E-state index in [1.54, 1.807) is 5.92 Å². The molecule has 1 nitrogen and oxygen atoms in total. The third-order valence-corrected chi connectivity index (χ3v) is 1.28. The minimum atomic E-state index is 0. The molecule has 0 unspecified atom stereocenters. The molecule has 0 aromatic rings. The zero-order valence-corrected chi connectivity index (χ0v) is 7.95. The minimum Gasteiger partial charge on any atom is -0.375 e. The number of rotatable bonds is 2. The summed E-state index contributed by atoms with van der Waals surface area (Å²) in [5, 5.41) is 3.18. The fourth-order valence-electron chi connectivity index (χ4n) is 0.729. The van der Waals surface area contributed by atoms with Crippen molar-refractivity contribution >= 4 is 0 Å². The molecule has 1 saturated heterocycles. The minimum absolute atomic E-state index is 0. The molecule has 2 heteroatoms. The van der Waals surface area contributed by atoms with Gasteiger partial charge in [0.1, 0.15) is 0 Å². The molecule has 1 fully saturated rings. The largest absolute Gasteiger partial charge is 0.375 e. The SMILES string of the molecule is [CH2-]CC[C-]1CNC1.[Y]. The van der Waals surface area contributed by atoms with Gasteiger partial charge in [0, 0.05) is 32.7 Å². The van der Waals surface area contributed by atoms with Crippen molar-refractivity contribution < 1.29 is 32.7 Å². The Morgan fingerprint density at radius 2 is 2.12 bits per heavy atom. The first-order valence-corrected chi connectivity index (χ1v) is 2.77. The second kappa shape index (κ2) is 4.90. The van der Waals surface area contributed by atoms with E-state index in [1.807, 2.05) is 0 Å². The molecule has 1 aliphatic rings. The van der Waals surface area contributed by atoms with Gasteiger partial charge in [0.2, 0.25) is 0 Å². The predicted molar refractivity (Wildman–Crippen MR) is 30.7 cm³/mol. The zero-order chi connectivity index (χ0) is 5.11. The molecule has 0 atom stereocenters. The number of hydrogen-bond donors (Lipinski definition) is 1. The van der Waals surface area contributed by atoms with Crippen LogP contribution in [0.15, 0.2) is 0 Å². The van der Waals surface area contributed by atoms with Crippen molar-refractivity contribution in [2.75, 3.05) is 13.1 Å². The molecular weight excluding hydrogens is 175 g/mol. The van der Waals surface area contributed by atoms with E-state index < -0.39 is 0 Å². The van der Waals surface area contributed by atoms with Crippen LogP contribution in [0.5, 0.6) is 0 Å². The van der Waals surface area contributed by atoms with Gasteiger partial charge in [-0.25, -0.2) is 12.8 Å². The first-order chi connectivity index (χ1) is 3.43. The van der Waals surface area contributed by atoms with Crippen LogP contribution in [0.25, 0.3) is 0 Å². The van der Waals surface area contributed by atoms with Gasteiger partial charge in [-0.2, -0.15) is 0 Å². The summed E-state index contributed by atoms with van der Waals surface area (Å²) in [5.41, 5.74) is 0. The van der Waals surface area contributed by atoms with Gasteiger partial charge in [-0.3, -0.25) is 5.92 Å². The fraction of sp³-hybridized carbons (Fsp3) is 0.667. The van der Waals surface area contributed by atoms with Crippen LogP contribution in [-0.4, -0.2) is 13.1 Å². The van der Waals surface area contributed by atoms with E-state index in [0.717, 1.165) is 19.5 Å². The smallest absolute Gasteiger partial charge is 0 e. The van der Waals surface area contributed by atoms with Crippen LogP contribution in [0.1, 0.15) is 12.8 Å². The van der Waals surface area contributed by atoms with E-state index in [2.05, 4.69) is 12.2 Å². The van der Waals surface area contributed by atoms with E-state index in [9.17, 15) is 0 Å². The fourth-order valence-corrected chi connectivity index (χ4v) is 0.729. The van der Waals surface area contributed by atoms with Gasteiger partial charge < -0.3 is 12.2 Å². The molecule has 0 amide bonds. The van der Waals surface area contributed by atoms with Crippen LogP contribution >= 0.6 is 0 Å². The Hall–Kier alpha value is 1.06. The maximum absolute atomic E-state index is 3.76. The maximum atomic E-state index is 3.76. The van der Waals surface area contributed by atoms with E-state index in [1.165, 1.54) is 6.42 Å². The van der Waals surface area contributed by atoms with E-state index in [4.69, 9.17) is 0 Å². The van der Waals surface area contributed by atoms with Crippen LogP contribution < -0.4 is 5.32 Å². The molecule has 0 aromatic carbocycles. The van der Waals surface area contributed by atoms with E-state index in [-0.39, 0.29) is 32.7 Å². The normalized spacial score (nSPS) is 19.1. The monoisotopic (exact) mass is 186 g/mol. The van der Waals surface area contributed by atoms with Crippen molar-refractivity contribution in [3.8, 4) is 0 Å². The van der Waals surface area contributed by atoms with Crippen molar-refractivity contribution in [2.45, 2.75) is 12.8 Å². The summed E-state index contributed by atoms with van der Waals surface area (Å²) in [5.74, 6) is 1.63. The Labute approximate surface area is 76.5 Å². The molecule has 1 heterocycles. The summed E-state index contributed by atoms with van der Waals surface area (Å²) < 4.78 is 0. The van der Waals surface area contributed by atoms with Gasteiger partial charge >= 0.3 is 0 Å². The van der Waals surface area contributed by atoms with Crippen molar-refractivity contribution in [1.82, 2.24) is 5.32 Å².